The molecular formula is C20H20N4O2S3. The normalized spacial score (nSPS) is 15.0. The number of aromatic nitrogens is 4. The topological polar surface area (TPSA) is 73.8 Å². The van der Waals surface area contributed by atoms with Crippen molar-refractivity contribution in [3.63, 3.8) is 0 Å². The second-order valence-electron chi connectivity index (χ2n) is 7.29. The highest BCUT2D eigenvalue weighted by molar-refractivity contribution is 7.98. The molecule has 150 valence electrons. The lowest BCUT2D eigenvalue weighted by atomic mass is 10.2. The molecule has 6 nitrogen and oxygen atoms in total. The van der Waals surface area contributed by atoms with Gasteiger partial charge in [-0.25, -0.2) is 4.98 Å². The predicted octanol–water partition coefficient (Wildman–Crippen LogP) is 5.59. The van der Waals surface area contributed by atoms with Crippen LogP contribution in [0.15, 0.2) is 31.3 Å². The highest BCUT2D eigenvalue weighted by Crippen LogP contribution is 2.35. The Kier molecular flexibility index (Phi) is 5.05. The third kappa shape index (κ3) is 3.45. The van der Waals surface area contributed by atoms with E-state index in [1.54, 1.807) is 22.7 Å². The maximum atomic E-state index is 13.4. The van der Waals surface area contributed by atoms with Crippen LogP contribution in [0.25, 0.3) is 21.7 Å². The van der Waals surface area contributed by atoms with E-state index in [1.807, 2.05) is 28.3 Å². The molecular weight excluding hydrogens is 424 g/mol. The molecule has 0 atom stereocenters. The van der Waals surface area contributed by atoms with E-state index in [0.717, 1.165) is 57.1 Å². The van der Waals surface area contributed by atoms with Crippen molar-refractivity contribution in [1.29, 1.82) is 0 Å². The number of fused-ring (bicyclic) bond motifs is 1. The van der Waals surface area contributed by atoms with Gasteiger partial charge in [-0.2, -0.15) is 16.3 Å². The van der Waals surface area contributed by atoms with Gasteiger partial charge in [0.05, 0.1) is 16.7 Å². The number of nitrogens with zero attached hydrogens (tertiary/aromatic N) is 4. The van der Waals surface area contributed by atoms with Crippen molar-refractivity contribution in [2.75, 3.05) is 0 Å². The highest BCUT2D eigenvalue weighted by Gasteiger charge is 2.25. The predicted molar refractivity (Wildman–Crippen MR) is 118 cm³/mol. The first-order valence-electron chi connectivity index (χ1n) is 9.62. The van der Waals surface area contributed by atoms with Crippen LogP contribution >= 0.6 is 34.4 Å². The summed E-state index contributed by atoms with van der Waals surface area (Å²) in [7, 11) is 0. The molecule has 0 N–H and O–H groups in total. The quantitative estimate of drug-likeness (QED) is 0.295. The number of thioether (sulfide) groups is 1. The van der Waals surface area contributed by atoms with Crippen molar-refractivity contribution in [2.45, 2.75) is 56.5 Å². The lowest BCUT2D eigenvalue weighted by Crippen LogP contribution is -2.26. The second kappa shape index (κ2) is 7.70. The van der Waals surface area contributed by atoms with Gasteiger partial charge in [0, 0.05) is 16.3 Å². The fourth-order valence-corrected chi connectivity index (χ4v) is 6.43. The molecule has 4 aromatic rings. The molecule has 0 aliphatic heterocycles. The van der Waals surface area contributed by atoms with Crippen LogP contribution in [0.4, 0.5) is 0 Å². The number of thiophene rings is 2. The van der Waals surface area contributed by atoms with Gasteiger partial charge in [-0.05, 0) is 43.7 Å². The smallest absolute Gasteiger partial charge is 0.263 e. The molecule has 1 fully saturated rings. The SMILES string of the molecule is Cc1sc2nc(SCc3noc(-c4ccsc4)n3)n(C3CCCC3)c(=O)c2c1C. The fraction of sp³-hybridized carbons (Fsp3) is 0.400. The molecule has 0 saturated heterocycles. The van der Waals surface area contributed by atoms with Crippen LogP contribution in [-0.2, 0) is 5.75 Å². The molecule has 0 radical (unpaired) electrons. The summed E-state index contributed by atoms with van der Waals surface area (Å²) in [6.45, 7) is 4.08. The standard InChI is InChI=1S/C20H20N4O2S3/c1-11-12(2)29-18-16(11)19(25)24(14-5-3-4-6-14)20(22-18)28-10-15-21-17(26-23-15)13-7-8-27-9-13/h7-9,14H,3-6,10H2,1-2H3. The molecule has 0 spiro atoms. The van der Waals surface area contributed by atoms with Crippen molar-refractivity contribution in [2.24, 2.45) is 0 Å². The van der Waals surface area contributed by atoms with Gasteiger partial charge < -0.3 is 4.52 Å². The summed E-state index contributed by atoms with van der Waals surface area (Å²) in [5.74, 6) is 1.66. The molecule has 1 saturated carbocycles. The van der Waals surface area contributed by atoms with Crippen LogP contribution in [-0.4, -0.2) is 19.7 Å². The largest absolute Gasteiger partial charge is 0.334 e. The average molecular weight is 445 g/mol. The fourth-order valence-electron chi connectivity index (χ4n) is 3.82. The van der Waals surface area contributed by atoms with Gasteiger partial charge in [0.2, 0.25) is 0 Å². The zero-order chi connectivity index (χ0) is 20.0. The molecule has 0 bridgehead atoms. The van der Waals surface area contributed by atoms with Gasteiger partial charge in [0.15, 0.2) is 11.0 Å². The summed E-state index contributed by atoms with van der Waals surface area (Å²) >= 11 is 4.71. The van der Waals surface area contributed by atoms with Crippen LogP contribution in [0.3, 0.4) is 0 Å². The Morgan fingerprint density at radius 1 is 1.28 bits per heavy atom. The van der Waals surface area contributed by atoms with Crippen LogP contribution in [0.1, 0.15) is 48.0 Å². The Bertz CT molecular complexity index is 1220. The Morgan fingerprint density at radius 2 is 2.10 bits per heavy atom. The lowest BCUT2D eigenvalue weighted by molar-refractivity contribution is 0.425. The third-order valence-corrected chi connectivity index (χ3v) is 8.19. The maximum Gasteiger partial charge on any atom is 0.263 e. The zero-order valence-corrected chi connectivity index (χ0v) is 18.6. The minimum absolute atomic E-state index is 0.0957. The third-order valence-electron chi connectivity index (χ3n) is 5.46. The summed E-state index contributed by atoms with van der Waals surface area (Å²) in [5, 5.41) is 9.61. The number of hydrogen-bond acceptors (Lipinski definition) is 8. The lowest BCUT2D eigenvalue weighted by Gasteiger charge is -2.17. The molecule has 9 heteroatoms. The van der Waals surface area contributed by atoms with Crippen LogP contribution < -0.4 is 5.56 Å². The summed E-state index contributed by atoms with van der Waals surface area (Å²) in [6.07, 6.45) is 4.39. The van der Waals surface area contributed by atoms with Crippen LogP contribution in [0.2, 0.25) is 0 Å². The van der Waals surface area contributed by atoms with Crippen LogP contribution in [0, 0.1) is 13.8 Å². The maximum absolute atomic E-state index is 13.4. The first-order valence-corrected chi connectivity index (χ1v) is 12.4. The minimum Gasteiger partial charge on any atom is -0.334 e. The summed E-state index contributed by atoms with van der Waals surface area (Å²) in [4.78, 5) is 24.8. The van der Waals surface area contributed by atoms with Crippen molar-refractivity contribution in [1.82, 2.24) is 19.7 Å². The van der Waals surface area contributed by atoms with E-state index in [2.05, 4.69) is 17.1 Å². The molecule has 0 aromatic carbocycles. The highest BCUT2D eigenvalue weighted by atomic mass is 32.2. The molecule has 1 aliphatic carbocycles. The van der Waals surface area contributed by atoms with E-state index >= 15 is 0 Å². The first kappa shape index (κ1) is 19.0. The minimum atomic E-state index is 0.0957. The molecule has 0 amide bonds. The van der Waals surface area contributed by atoms with Crippen molar-refractivity contribution in [3.8, 4) is 11.5 Å². The summed E-state index contributed by atoms with van der Waals surface area (Å²) in [5.41, 5.74) is 2.09. The van der Waals surface area contributed by atoms with Crippen molar-refractivity contribution >= 4 is 44.7 Å². The number of hydrogen-bond donors (Lipinski definition) is 0. The first-order chi connectivity index (χ1) is 14.1. The molecule has 29 heavy (non-hydrogen) atoms. The van der Waals surface area contributed by atoms with Gasteiger partial charge in [0.1, 0.15) is 4.83 Å². The zero-order valence-electron chi connectivity index (χ0n) is 16.2. The Morgan fingerprint density at radius 3 is 2.86 bits per heavy atom. The number of aryl methyl sites for hydroxylation is 2. The van der Waals surface area contributed by atoms with Crippen molar-refractivity contribution in [3.05, 3.63) is 43.4 Å². The van der Waals surface area contributed by atoms with E-state index < -0.39 is 0 Å². The Hall–Kier alpha value is -1.97. The molecule has 4 heterocycles. The summed E-state index contributed by atoms with van der Waals surface area (Å²) < 4.78 is 7.32. The molecule has 0 unspecified atom stereocenters. The van der Waals surface area contributed by atoms with Gasteiger partial charge in [0.25, 0.3) is 11.4 Å². The van der Waals surface area contributed by atoms with Gasteiger partial charge in [-0.1, -0.05) is 29.8 Å². The summed E-state index contributed by atoms with van der Waals surface area (Å²) in [6, 6.07) is 2.19. The average Bonchev–Trinajstić information content (AvgIpc) is 3.49. The van der Waals surface area contributed by atoms with Crippen LogP contribution in [0.5, 0.6) is 0 Å². The number of rotatable bonds is 5. The second-order valence-corrected chi connectivity index (χ2v) is 10.2. The Labute approximate surface area is 180 Å². The molecule has 4 aromatic heterocycles. The monoisotopic (exact) mass is 444 g/mol. The Balaban J connectivity index is 1.50. The van der Waals surface area contributed by atoms with E-state index in [-0.39, 0.29) is 11.6 Å². The molecule has 1 aliphatic rings. The van der Waals surface area contributed by atoms with E-state index in [4.69, 9.17) is 9.51 Å². The van der Waals surface area contributed by atoms with Crippen molar-refractivity contribution < 1.29 is 4.52 Å². The van der Waals surface area contributed by atoms with E-state index in [9.17, 15) is 4.79 Å². The molecule has 5 rings (SSSR count). The van der Waals surface area contributed by atoms with E-state index in [1.165, 1.54) is 11.8 Å². The van der Waals surface area contributed by atoms with E-state index in [0.29, 0.717) is 17.5 Å². The van der Waals surface area contributed by atoms with Gasteiger partial charge >= 0.3 is 0 Å². The van der Waals surface area contributed by atoms with Gasteiger partial charge in [-0.3, -0.25) is 9.36 Å². The van der Waals surface area contributed by atoms with Gasteiger partial charge in [-0.15, -0.1) is 11.3 Å².